The fraction of sp³-hybridized carbons (Fsp3) is 0.200. The summed E-state index contributed by atoms with van der Waals surface area (Å²) in [4.78, 5) is 10.9. The van der Waals surface area contributed by atoms with Crippen LogP contribution in [0.4, 0.5) is 11.8 Å². The van der Waals surface area contributed by atoms with Crippen molar-refractivity contribution in [2.45, 2.75) is 17.4 Å². The van der Waals surface area contributed by atoms with Crippen LogP contribution >= 0.6 is 0 Å². The minimum atomic E-state index is -3.81. The summed E-state index contributed by atoms with van der Waals surface area (Å²) in [5, 5.41) is 9.86. The maximum absolute atomic E-state index is 12.7. The average molecular weight is 396 g/mol. The highest BCUT2D eigenvalue weighted by Gasteiger charge is 2.24. The highest BCUT2D eigenvalue weighted by molar-refractivity contribution is 7.92. The van der Waals surface area contributed by atoms with Crippen molar-refractivity contribution < 1.29 is 13.5 Å². The third-order valence-corrected chi connectivity index (χ3v) is 5.89. The van der Waals surface area contributed by atoms with Gasteiger partial charge in [0.05, 0.1) is 16.7 Å². The van der Waals surface area contributed by atoms with E-state index in [1.165, 1.54) is 12.1 Å². The van der Waals surface area contributed by atoms with Crippen LogP contribution in [-0.4, -0.2) is 42.7 Å². The number of nitrogens with one attached hydrogen (secondary N) is 1. The van der Waals surface area contributed by atoms with Gasteiger partial charge in [-0.1, -0.05) is 48.5 Å². The van der Waals surface area contributed by atoms with Crippen LogP contribution in [0.2, 0.25) is 0 Å². The fourth-order valence-electron chi connectivity index (χ4n) is 3.13. The molecule has 0 saturated carbocycles. The molecule has 2 heterocycles. The number of β-amino-alcohol motifs (C(OH)–C–C–N with tert-alkyl or cyclic N) is 1. The number of hydrogen-bond donors (Lipinski definition) is 2. The quantitative estimate of drug-likeness (QED) is 0.688. The minimum Gasteiger partial charge on any atom is -0.391 e. The Morgan fingerprint density at radius 3 is 2.32 bits per heavy atom. The van der Waals surface area contributed by atoms with Crippen LogP contribution in [0.25, 0.3) is 11.3 Å². The van der Waals surface area contributed by atoms with Crippen LogP contribution in [-0.2, 0) is 10.0 Å². The van der Waals surface area contributed by atoms with Crippen LogP contribution in [0.15, 0.2) is 71.6 Å². The molecule has 28 heavy (non-hydrogen) atoms. The van der Waals surface area contributed by atoms with E-state index in [4.69, 9.17) is 0 Å². The molecule has 2 aromatic carbocycles. The maximum atomic E-state index is 12.7. The first kappa shape index (κ1) is 18.4. The number of rotatable bonds is 5. The Hall–Kier alpha value is -2.97. The van der Waals surface area contributed by atoms with Gasteiger partial charge in [0.25, 0.3) is 10.0 Å². The van der Waals surface area contributed by atoms with Crippen molar-refractivity contribution in [3.05, 3.63) is 66.7 Å². The highest BCUT2D eigenvalue weighted by Crippen LogP contribution is 2.26. The summed E-state index contributed by atoms with van der Waals surface area (Å²) in [7, 11) is -3.81. The zero-order valence-corrected chi connectivity index (χ0v) is 15.9. The first-order chi connectivity index (χ1) is 13.5. The van der Waals surface area contributed by atoms with E-state index < -0.39 is 16.1 Å². The van der Waals surface area contributed by atoms with Crippen molar-refractivity contribution in [3.8, 4) is 11.3 Å². The Morgan fingerprint density at radius 1 is 1.00 bits per heavy atom. The SMILES string of the molecule is O=S(=O)(Nc1nc(-c2ccccc2)cc(N2CCC(O)C2)n1)c1ccccc1. The summed E-state index contributed by atoms with van der Waals surface area (Å²) in [6.45, 7) is 1.10. The van der Waals surface area contributed by atoms with Crippen LogP contribution in [0, 0.1) is 0 Å². The molecular formula is C20H20N4O3S. The van der Waals surface area contributed by atoms with E-state index >= 15 is 0 Å². The molecule has 8 heteroatoms. The van der Waals surface area contributed by atoms with Crippen molar-refractivity contribution in [2.24, 2.45) is 0 Å². The number of sulfonamides is 1. The lowest BCUT2D eigenvalue weighted by atomic mass is 10.1. The second kappa shape index (κ2) is 7.57. The monoisotopic (exact) mass is 396 g/mol. The van der Waals surface area contributed by atoms with Gasteiger partial charge in [-0.15, -0.1) is 0 Å². The van der Waals surface area contributed by atoms with E-state index in [9.17, 15) is 13.5 Å². The van der Waals surface area contributed by atoms with Crippen LogP contribution in [0.1, 0.15) is 6.42 Å². The Kier molecular flexibility index (Phi) is 4.97. The summed E-state index contributed by atoms with van der Waals surface area (Å²) in [5.41, 5.74) is 1.46. The molecule has 144 valence electrons. The lowest BCUT2D eigenvalue weighted by Crippen LogP contribution is -2.23. The van der Waals surface area contributed by atoms with Gasteiger partial charge >= 0.3 is 0 Å². The molecule has 1 aliphatic rings. The van der Waals surface area contributed by atoms with Gasteiger partial charge < -0.3 is 10.0 Å². The minimum absolute atomic E-state index is 0.00148. The van der Waals surface area contributed by atoms with Crippen molar-refractivity contribution in [2.75, 3.05) is 22.7 Å². The Morgan fingerprint density at radius 2 is 1.68 bits per heavy atom. The molecule has 0 radical (unpaired) electrons. The van der Waals surface area contributed by atoms with Gasteiger partial charge in [0.2, 0.25) is 5.95 Å². The molecule has 3 aromatic rings. The molecule has 0 aliphatic carbocycles. The molecule has 0 amide bonds. The number of anilines is 2. The normalized spacial score (nSPS) is 16.9. The average Bonchev–Trinajstić information content (AvgIpc) is 3.15. The summed E-state index contributed by atoms with van der Waals surface area (Å²) < 4.78 is 27.9. The number of aromatic nitrogens is 2. The largest absolute Gasteiger partial charge is 0.391 e. The summed E-state index contributed by atoms with van der Waals surface area (Å²) in [5.74, 6) is 0.581. The zero-order chi connectivity index (χ0) is 19.6. The van der Waals surface area contributed by atoms with Gasteiger partial charge in [0.1, 0.15) is 5.82 Å². The van der Waals surface area contributed by atoms with Crippen molar-refractivity contribution in [1.29, 1.82) is 0 Å². The van der Waals surface area contributed by atoms with Crippen molar-refractivity contribution in [1.82, 2.24) is 9.97 Å². The van der Waals surface area contributed by atoms with E-state index in [1.54, 1.807) is 18.2 Å². The Labute approximate surface area is 163 Å². The first-order valence-electron chi connectivity index (χ1n) is 8.97. The first-order valence-corrected chi connectivity index (χ1v) is 10.4. The van der Waals surface area contributed by atoms with Crippen LogP contribution in [0.5, 0.6) is 0 Å². The third kappa shape index (κ3) is 3.97. The summed E-state index contributed by atoms with van der Waals surface area (Å²) >= 11 is 0. The standard InChI is InChI=1S/C20H20N4O3S/c25-16-11-12-24(14-16)19-13-18(15-7-3-1-4-8-15)21-20(22-19)23-28(26,27)17-9-5-2-6-10-17/h1-10,13,16,25H,11-12,14H2,(H,21,22,23). The topological polar surface area (TPSA) is 95.4 Å². The predicted molar refractivity (Wildman–Crippen MR) is 108 cm³/mol. The molecule has 1 aromatic heterocycles. The highest BCUT2D eigenvalue weighted by atomic mass is 32.2. The van der Waals surface area contributed by atoms with Gasteiger partial charge in [0, 0.05) is 24.7 Å². The molecule has 1 unspecified atom stereocenters. The second-order valence-corrected chi connectivity index (χ2v) is 8.29. The van der Waals surface area contributed by atoms with E-state index in [0.717, 1.165) is 5.56 Å². The molecule has 1 aliphatic heterocycles. The number of nitrogens with zero attached hydrogens (tertiary/aromatic N) is 3. The number of aliphatic hydroxyl groups excluding tert-OH is 1. The smallest absolute Gasteiger partial charge is 0.264 e. The van der Waals surface area contributed by atoms with Gasteiger partial charge in [-0.2, -0.15) is 4.98 Å². The second-order valence-electron chi connectivity index (χ2n) is 6.61. The van der Waals surface area contributed by atoms with E-state index in [-0.39, 0.29) is 10.8 Å². The van der Waals surface area contributed by atoms with E-state index in [1.807, 2.05) is 41.3 Å². The molecule has 7 nitrogen and oxygen atoms in total. The third-order valence-electron chi connectivity index (χ3n) is 4.55. The Bertz CT molecular complexity index is 1060. The lowest BCUT2D eigenvalue weighted by molar-refractivity contribution is 0.198. The van der Waals surface area contributed by atoms with Crippen molar-refractivity contribution >= 4 is 21.8 Å². The molecule has 0 spiro atoms. The number of aliphatic hydroxyl groups is 1. The van der Waals surface area contributed by atoms with E-state index in [0.29, 0.717) is 31.0 Å². The van der Waals surface area contributed by atoms with Crippen LogP contribution < -0.4 is 9.62 Å². The maximum Gasteiger partial charge on any atom is 0.264 e. The van der Waals surface area contributed by atoms with Crippen molar-refractivity contribution in [3.63, 3.8) is 0 Å². The molecule has 4 rings (SSSR count). The molecule has 1 saturated heterocycles. The molecule has 2 N–H and O–H groups in total. The zero-order valence-electron chi connectivity index (χ0n) is 15.1. The van der Waals surface area contributed by atoms with E-state index in [2.05, 4.69) is 14.7 Å². The molecule has 1 fully saturated rings. The van der Waals surface area contributed by atoms with Gasteiger partial charge in [-0.25, -0.2) is 18.1 Å². The van der Waals surface area contributed by atoms with Crippen LogP contribution in [0.3, 0.4) is 0 Å². The molecular weight excluding hydrogens is 376 g/mol. The molecule has 1 atom stereocenters. The number of benzene rings is 2. The van der Waals surface area contributed by atoms with Gasteiger partial charge in [-0.05, 0) is 18.6 Å². The summed E-state index contributed by atoms with van der Waals surface area (Å²) in [6.07, 6.45) is 0.232. The Balaban J connectivity index is 1.74. The lowest BCUT2D eigenvalue weighted by Gasteiger charge is -2.18. The molecule has 0 bridgehead atoms. The predicted octanol–water partition coefficient (Wildman–Crippen LogP) is 2.52. The summed E-state index contributed by atoms with van der Waals surface area (Å²) in [6, 6.07) is 19.4. The fourth-order valence-corrected chi connectivity index (χ4v) is 4.09. The number of hydrogen-bond acceptors (Lipinski definition) is 6. The van der Waals surface area contributed by atoms with Gasteiger partial charge in [0.15, 0.2) is 0 Å². The van der Waals surface area contributed by atoms with Gasteiger partial charge in [-0.3, -0.25) is 0 Å².